The summed E-state index contributed by atoms with van der Waals surface area (Å²) in [5.74, 6) is -0.342. The van der Waals surface area contributed by atoms with Gasteiger partial charge in [-0.1, -0.05) is 6.92 Å². The lowest BCUT2D eigenvalue weighted by Crippen LogP contribution is -2.45. The van der Waals surface area contributed by atoms with Gasteiger partial charge in [0.25, 0.3) is 0 Å². The molecule has 1 atom stereocenters. The van der Waals surface area contributed by atoms with E-state index in [1.165, 1.54) is 6.92 Å². The fourth-order valence-corrected chi connectivity index (χ4v) is 3.81. The number of sulfonamides is 1. The highest BCUT2D eigenvalue weighted by molar-refractivity contribution is 7.89. The Kier molecular flexibility index (Phi) is 5.74. The number of nitrogens with two attached hydrogens (primary N) is 1. The molecule has 0 heterocycles. The van der Waals surface area contributed by atoms with Crippen molar-refractivity contribution in [3.8, 4) is 0 Å². The van der Waals surface area contributed by atoms with Crippen LogP contribution in [-0.2, 0) is 14.8 Å². The van der Waals surface area contributed by atoms with E-state index >= 15 is 0 Å². The van der Waals surface area contributed by atoms with Gasteiger partial charge in [-0.05, 0) is 50.5 Å². The molecule has 21 heavy (non-hydrogen) atoms. The van der Waals surface area contributed by atoms with E-state index < -0.39 is 16.1 Å². The first kappa shape index (κ1) is 17.5. The summed E-state index contributed by atoms with van der Waals surface area (Å²) in [5, 5.41) is 2.66. The van der Waals surface area contributed by atoms with Gasteiger partial charge >= 0.3 is 0 Å². The van der Waals surface area contributed by atoms with Crippen LogP contribution < -0.4 is 15.8 Å². The Labute approximate surface area is 126 Å². The zero-order valence-corrected chi connectivity index (χ0v) is 13.7. The van der Waals surface area contributed by atoms with Gasteiger partial charge in [-0.15, -0.1) is 0 Å². The van der Waals surface area contributed by atoms with Gasteiger partial charge < -0.3 is 11.1 Å². The summed E-state index contributed by atoms with van der Waals surface area (Å²) < 4.78 is 27.3. The number of amides is 1. The van der Waals surface area contributed by atoms with E-state index in [9.17, 15) is 13.2 Å². The second-order valence-electron chi connectivity index (χ2n) is 5.12. The molecule has 0 spiro atoms. The molecule has 0 fully saturated rings. The Morgan fingerprint density at radius 2 is 1.81 bits per heavy atom. The zero-order chi connectivity index (χ0) is 16.2. The number of carbonyl (C=O) groups is 1. The normalized spacial score (nSPS) is 13.0. The molecule has 0 saturated carbocycles. The largest absolute Gasteiger partial charge is 0.399 e. The summed E-state index contributed by atoms with van der Waals surface area (Å²) in [7, 11) is -3.77. The van der Waals surface area contributed by atoms with Crippen LogP contribution in [0.5, 0.6) is 0 Å². The highest BCUT2D eigenvalue weighted by Gasteiger charge is 2.25. The fraction of sp³-hybridized carbons (Fsp3) is 0.500. The fourth-order valence-electron chi connectivity index (χ4n) is 2.15. The number of hydrogen-bond donors (Lipinski definition) is 3. The molecule has 7 heteroatoms. The highest BCUT2D eigenvalue weighted by atomic mass is 32.2. The lowest BCUT2D eigenvalue weighted by Gasteiger charge is -2.17. The van der Waals surface area contributed by atoms with Crippen LogP contribution in [0.2, 0.25) is 0 Å². The van der Waals surface area contributed by atoms with Crippen molar-refractivity contribution in [1.82, 2.24) is 10.0 Å². The van der Waals surface area contributed by atoms with E-state index in [-0.39, 0.29) is 10.8 Å². The van der Waals surface area contributed by atoms with E-state index in [1.807, 2.05) is 6.92 Å². The smallest absolute Gasteiger partial charge is 0.241 e. The van der Waals surface area contributed by atoms with Crippen molar-refractivity contribution in [1.29, 1.82) is 0 Å². The molecular weight excluding hydrogens is 290 g/mol. The molecule has 1 aromatic carbocycles. The van der Waals surface area contributed by atoms with E-state index in [2.05, 4.69) is 10.0 Å². The van der Waals surface area contributed by atoms with Crippen LogP contribution in [0, 0.1) is 13.8 Å². The number of carbonyl (C=O) groups excluding carboxylic acids is 1. The first-order valence-electron chi connectivity index (χ1n) is 6.85. The van der Waals surface area contributed by atoms with Crippen LogP contribution in [0.3, 0.4) is 0 Å². The summed E-state index contributed by atoms with van der Waals surface area (Å²) >= 11 is 0. The minimum absolute atomic E-state index is 0.173. The number of benzene rings is 1. The van der Waals surface area contributed by atoms with E-state index in [1.54, 1.807) is 26.0 Å². The van der Waals surface area contributed by atoms with Crippen LogP contribution in [0.1, 0.15) is 31.4 Å². The van der Waals surface area contributed by atoms with Crippen molar-refractivity contribution in [2.45, 2.75) is 45.1 Å². The monoisotopic (exact) mass is 313 g/mol. The van der Waals surface area contributed by atoms with Gasteiger partial charge in [-0.25, -0.2) is 8.42 Å². The van der Waals surface area contributed by atoms with Crippen LogP contribution in [-0.4, -0.2) is 26.9 Å². The average molecular weight is 313 g/mol. The van der Waals surface area contributed by atoms with Gasteiger partial charge in [-0.3, -0.25) is 4.79 Å². The van der Waals surface area contributed by atoms with Crippen LogP contribution in [0.15, 0.2) is 17.0 Å². The number of nitrogens with one attached hydrogen (secondary N) is 2. The standard InChI is InChI=1S/C14H23N3O3S/c1-5-6-16-14(18)11(4)17-21(19,20)13-9(2)7-12(15)8-10(13)3/h7-8,11,17H,5-6,15H2,1-4H3,(H,16,18). The second-order valence-corrected chi connectivity index (χ2v) is 6.77. The predicted molar refractivity (Wildman–Crippen MR) is 83.4 cm³/mol. The molecular formula is C14H23N3O3S. The van der Waals surface area contributed by atoms with Crippen LogP contribution in [0.4, 0.5) is 5.69 Å². The van der Waals surface area contributed by atoms with E-state index in [0.717, 1.165) is 6.42 Å². The van der Waals surface area contributed by atoms with Gasteiger partial charge in [0, 0.05) is 12.2 Å². The van der Waals surface area contributed by atoms with Crippen LogP contribution in [0.25, 0.3) is 0 Å². The van der Waals surface area contributed by atoms with Crippen molar-refractivity contribution in [2.75, 3.05) is 12.3 Å². The number of aryl methyl sites for hydroxylation is 2. The molecule has 1 aromatic rings. The topological polar surface area (TPSA) is 101 Å². The molecule has 1 unspecified atom stereocenters. The molecule has 4 N–H and O–H groups in total. The van der Waals surface area contributed by atoms with Gasteiger partial charge in [0.05, 0.1) is 10.9 Å². The number of nitrogen functional groups attached to an aromatic ring is 1. The molecule has 1 amide bonds. The number of anilines is 1. The van der Waals surface area contributed by atoms with Crippen molar-refractivity contribution in [3.63, 3.8) is 0 Å². The molecule has 0 aliphatic heterocycles. The third kappa shape index (κ3) is 4.44. The first-order valence-corrected chi connectivity index (χ1v) is 8.34. The Balaban J connectivity index is 3.00. The summed E-state index contributed by atoms with van der Waals surface area (Å²) in [5.41, 5.74) is 7.32. The molecule has 0 aliphatic carbocycles. The van der Waals surface area contributed by atoms with Crippen molar-refractivity contribution < 1.29 is 13.2 Å². The lowest BCUT2D eigenvalue weighted by molar-refractivity contribution is -0.122. The lowest BCUT2D eigenvalue weighted by atomic mass is 10.1. The molecule has 0 bridgehead atoms. The average Bonchev–Trinajstić information content (AvgIpc) is 2.33. The number of rotatable bonds is 6. The van der Waals surface area contributed by atoms with Crippen molar-refractivity contribution in [2.24, 2.45) is 0 Å². The van der Waals surface area contributed by atoms with Gasteiger partial charge in [0.15, 0.2) is 0 Å². The third-order valence-corrected chi connectivity index (χ3v) is 4.87. The molecule has 0 radical (unpaired) electrons. The highest BCUT2D eigenvalue weighted by Crippen LogP contribution is 2.23. The maximum Gasteiger partial charge on any atom is 0.241 e. The predicted octanol–water partition coefficient (Wildman–Crippen LogP) is 1.08. The third-order valence-electron chi connectivity index (χ3n) is 3.03. The maximum absolute atomic E-state index is 12.4. The molecule has 0 saturated heterocycles. The SMILES string of the molecule is CCCNC(=O)C(C)NS(=O)(=O)c1c(C)cc(N)cc1C. The Morgan fingerprint density at radius 1 is 1.29 bits per heavy atom. The molecule has 6 nitrogen and oxygen atoms in total. The zero-order valence-electron chi connectivity index (χ0n) is 12.9. The Bertz CT molecular complexity index is 603. The van der Waals surface area contributed by atoms with E-state index in [0.29, 0.717) is 23.4 Å². The summed E-state index contributed by atoms with van der Waals surface area (Å²) in [6.45, 7) is 7.32. The summed E-state index contributed by atoms with van der Waals surface area (Å²) in [4.78, 5) is 11.9. The maximum atomic E-state index is 12.4. The molecule has 1 rings (SSSR count). The number of hydrogen-bond acceptors (Lipinski definition) is 4. The van der Waals surface area contributed by atoms with Gasteiger partial charge in [-0.2, -0.15) is 4.72 Å². The first-order chi connectivity index (χ1) is 9.69. The minimum Gasteiger partial charge on any atom is -0.399 e. The van der Waals surface area contributed by atoms with Gasteiger partial charge in [0.1, 0.15) is 0 Å². The van der Waals surface area contributed by atoms with Crippen LogP contribution >= 0.6 is 0 Å². The van der Waals surface area contributed by atoms with E-state index in [4.69, 9.17) is 5.73 Å². The van der Waals surface area contributed by atoms with Crippen molar-refractivity contribution in [3.05, 3.63) is 23.3 Å². The molecule has 0 aliphatic rings. The molecule has 0 aromatic heterocycles. The quantitative estimate of drug-likeness (QED) is 0.684. The van der Waals surface area contributed by atoms with Crippen molar-refractivity contribution >= 4 is 21.6 Å². The summed E-state index contributed by atoms with van der Waals surface area (Å²) in [6.07, 6.45) is 0.793. The Morgan fingerprint density at radius 3 is 2.29 bits per heavy atom. The molecule has 118 valence electrons. The summed E-state index contributed by atoms with van der Waals surface area (Å²) in [6, 6.07) is 2.37. The minimum atomic E-state index is -3.77. The Hall–Kier alpha value is -1.60. The van der Waals surface area contributed by atoms with Gasteiger partial charge in [0.2, 0.25) is 15.9 Å². The second kappa shape index (κ2) is 6.91.